The average molecular weight is 378 g/mol. The van der Waals surface area contributed by atoms with Crippen molar-refractivity contribution in [3.8, 4) is 5.75 Å². The summed E-state index contributed by atoms with van der Waals surface area (Å²) in [6.07, 6.45) is 0.655. The summed E-state index contributed by atoms with van der Waals surface area (Å²) in [5.74, 6) is -1.76. The number of aromatic nitrogens is 1. The van der Waals surface area contributed by atoms with Crippen LogP contribution in [0.4, 0.5) is 5.69 Å². The van der Waals surface area contributed by atoms with Gasteiger partial charge in [-0.25, -0.2) is 4.79 Å². The zero-order valence-electron chi connectivity index (χ0n) is 15.4. The van der Waals surface area contributed by atoms with Gasteiger partial charge in [0.1, 0.15) is 11.3 Å². The van der Waals surface area contributed by atoms with Gasteiger partial charge in [-0.2, -0.15) is 0 Å². The number of carbonyl (C=O) groups is 2. The number of para-hydroxylation sites is 2. The van der Waals surface area contributed by atoms with Crippen molar-refractivity contribution in [1.82, 2.24) is 4.57 Å². The fourth-order valence-electron chi connectivity index (χ4n) is 3.79. The molecule has 142 valence electrons. The van der Waals surface area contributed by atoms with Crippen molar-refractivity contribution >= 4 is 28.5 Å². The predicted octanol–water partition coefficient (Wildman–Crippen LogP) is 2.86. The summed E-state index contributed by atoms with van der Waals surface area (Å²) in [5.41, 5.74) is 1.05. The van der Waals surface area contributed by atoms with Crippen LogP contribution in [0.2, 0.25) is 0 Å². The first-order valence-electron chi connectivity index (χ1n) is 8.81. The highest BCUT2D eigenvalue weighted by Gasteiger charge is 2.29. The van der Waals surface area contributed by atoms with E-state index in [4.69, 9.17) is 4.74 Å². The number of hydrogen-bond donors (Lipinski definition) is 2. The quantitative estimate of drug-likeness (QED) is 0.683. The van der Waals surface area contributed by atoms with Crippen LogP contribution in [0.5, 0.6) is 5.75 Å². The monoisotopic (exact) mass is 378 g/mol. The van der Waals surface area contributed by atoms with Crippen LogP contribution < -0.4 is 10.9 Å². The molecule has 7 nitrogen and oxygen atoms in total. The Hall–Kier alpha value is -3.61. The standard InChI is InChI=1S/C21H18N2O5/c1-11-10-12-6-5-8-14-17(12)23(11)20(26)16(18(14)24)19(25)22-15-9-4-3-7-13(15)21(27)28-2/h3-9,11,24H,10H2,1-2H3,(H,22,25)/t11-/m1/s1. The van der Waals surface area contributed by atoms with Gasteiger partial charge in [-0.1, -0.05) is 24.3 Å². The molecule has 4 rings (SSSR count). The van der Waals surface area contributed by atoms with E-state index in [9.17, 15) is 19.5 Å². The van der Waals surface area contributed by atoms with Crippen LogP contribution in [-0.2, 0) is 11.2 Å². The summed E-state index contributed by atoms with van der Waals surface area (Å²) in [5, 5.41) is 13.7. The minimum atomic E-state index is -0.783. The van der Waals surface area contributed by atoms with Gasteiger partial charge in [0.15, 0.2) is 0 Å². The summed E-state index contributed by atoms with van der Waals surface area (Å²) < 4.78 is 6.27. The number of nitrogens with zero attached hydrogens (tertiary/aromatic N) is 1. The molecule has 7 heteroatoms. The predicted molar refractivity (Wildman–Crippen MR) is 104 cm³/mol. The third-order valence-electron chi connectivity index (χ3n) is 5.05. The van der Waals surface area contributed by atoms with Crippen LogP contribution >= 0.6 is 0 Å². The zero-order chi connectivity index (χ0) is 20.0. The van der Waals surface area contributed by atoms with Crippen LogP contribution in [-0.4, -0.2) is 28.7 Å². The maximum absolute atomic E-state index is 13.0. The molecule has 0 fully saturated rings. The van der Waals surface area contributed by atoms with Crippen molar-refractivity contribution in [1.29, 1.82) is 0 Å². The summed E-state index contributed by atoms with van der Waals surface area (Å²) in [7, 11) is 1.24. The molecule has 0 saturated carbocycles. The number of esters is 1. The van der Waals surface area contributed by atoms with E-state index < -0.39 is 17.4 Å². The second kappa shape index (κ2) is 6.53. The number of anilines is 1. The van der Waals surface area contributed by atoms with E-state index in [2.05, 4.69) is 5.32 Å². The maximum atomic E-state index is 13.0. The Balaban J connectivity index is 1.85. The van der Waals surface area contributed by atoms with Crippen molar-refractivity contribution in [2.75, 3.05) is 12.4 Å². The fourth-order valence-corrected chi connectivity index (χ4v) is 3.79. The lowest BCUT2D eigenvalue weighted by molar-refractivity contribution is 0.0602. The molecule has 1 atom stereocenters. The van der Waals surface area contributed by atoms with E-state index in [0.29, 0.717) is 17.3 Å². The number of amides is 1. The first kappa shape index (κ1) is 17.8. The lowest BCUT2D eigenvalue weighted by Crippen LogP contribution is -2.30. The number of nitrogens with one attached hydrogen (secondary N) is 1. The largest absolute Gasteiger partial charge is 0.506 e. The highest BCUT2D eigenvalue weighted by atomic mass is 16.5. The topological polar surface area (TPSA) is 97.6 Å². The van der Waals surface area contributed by atoms with Crippen LogP contribution in [0.1, 0.15) is 39.2 Å². The minimum Gasteiger partial charge on any atom is -0.506 e. The highest BCUT2D eigenvalue weighted by molar-refractivity contribution is 6.11. The van der Waals surface area contributed by atoms with Gasteiger partial charge in [0, 0.05) is 11.4 Å². The Bertz CT molecular complexity index is 1200. The Morgan fingerprint density at radius 2 is 1.93 bits per heavy atom. The first-order valence-corrected chi connectivity index (χ1v) is 8.81. The van der Waals surface area contributed by atoms with Gasteiger partial charge in [-0.3, -0.25) is 9.59 Å². The molecule has 0 radical (unpaired) electrons. The second-order valence-electron chi connectivity index (χ2n) is 6.76. The Labute approximate surface area is 160 Å². The van der Waals surface area contributed by atoms with Crippen LogP contribution in [0.3, 0.4) is 0 Å². The number of aromatic hydroxyl groups is 1. The molecule has 0 aliphatic carbocycles. The summed E-state index contributed by atoms with van der Waals surface area (Å²) in [6.45, 7) is 1.89. The summed E-state index contributed by atoms with van der Waals surface area (Å²) in [4.78, 5) is 37.9. The van der Waals surface area contributed by atoms with E-state index in [1.54, 1.807) is 28.8 Å². The molecule has 0 bridgehead atoms. The summed E-state index contributed by atoms with van der Waals surface area (Å²) >= 11 is 0. The third-order valence-corrected chi connectivity index (χ3v) is 5.05. The van der Waals surface area contributed by atoms with Gasteiger partial charge in [0.05, 0.1) is 23.9 Å². The molecule has 0 saturated heterocycles. The van der Waals surface area contributed by atoms with Crippen LogP contribution in [0.15, 0.2) is 47.3 Å². The maximum Gasteiger partial charge on any atom is 0.339 e. The molecule has 3 aromatic rings. The molecule has 2 N–H and O–H groups in total. The molecule has 2 heterocycles. The number of pyridine rings is 1. The SMILES string of the molecule is COC(=O)c1ccccc1NC(=O)c1c(O)c2cccc3c2n(c1=O)[C@H](C)C3. The number of methoxy groups -OCH3 is 1. The van der Waals surface area contributed by atoms with E-state index in [0.717, 1.165) is 5.56 Å². The van der Waals surface area contributed by atoms with Crippen molar-refractivity contribution in [2.45, 2.75) is 19.4 Å². The van der Waals surface area contributed by atoms with Crippen LogP contribution in [0.25, 0.3) is 10.9 Å². The van der Waals surface area contributed by atoms with Crippen molar-refractivity contribution in [2.24, 2.45) is 0 Å². The molecule has 0 unspecified atom stereocenters. The van der Waals surface area contributed by atoms with Gasteiger partial charge >= 0.3 is 5.97 Å². The lowest BCUT2D eigenvalue weighted by atomic mass is 10.1. The van der Waals surface area contributed by atoms with Crippen LogP contribution in [0, 0.1) is 0 Å². The van der Waals surface area contributed by atoms with Crippen molar-refractivity contribution in [3.05, 3.63) is 69.5 Å². The van der Waals surface area contributed by atoms with Gasteiger partial charge < -0.3 is 19.7 Å². The molecule has 28 heavy (non-hydrogen) atoms. The van der Waals surface area contributed by atoms with Gasteiger partial charge in [0.2, 0.25) is 0 Å². The molecule has 1 aromatic heterocycles. The molecule has 1 amide bonds. The number of hydrogen-bond acceptors (Lipinski definition) is 5. The highest BCUT2D eigenvalue weighted by Crippen LogP contribution is 2.36. The molecular weight excluding hydrogens is 360 g/mol. The van der Waals surface area contributed by atoms with E-state index in [-0.39, 0.29) is 28.6 Å². The van der Waals surface area contributed by atoms with E-state index in [1.165, 1.54) is 19.2 Å². The Morgan fingerprint density at radius 1 is 1.18 bits per heavy atom. The number of ether oxygens (including phenoxy) is 1. The molecule has 1 aliphatic heterocycles. The smallest absolute Gasteiger partial charge is 0.339 e. The average Bonchev–Trinajstić information content (AvgIpc) is 3.03. The summed E-state index contributed by atoms with van der Waals surface area (Å²) in [6, 6.07) is 11.6. The van der Waals surface area contributed by atoms with Gasteiger partial charge in [-0.15, -0.1) is 0 Å². The zero-order valence-corrected chi connectivity index (χ0v) is 15.4. The molecule has 2 aromatic carbocycles. The minimum absolute atomic E-state index is 0.123. The molecule has 1 aliphatic rings. The Kier molecular flexibility index (Phi) is 4.15. The number of rotatable bonds is 3. The fraction of sp³-hybridized carbons (Fsp3) is 0.190. The first-order chi connectivity index (χ1) is 13.4. The van der Waals surface area contributed by atoms with E-state index in [1.807, 2.05) is 13.0 Å². The number of benzene rings is 2. The van der Waals surface area contributed by atoms with Gasteiger partial charge in [0.25, 0.3) is 11.5 Å². The van der Waals surface area contributed by atoms with Gasteiger partial charge in [-0.05, 0) is 37.1 Å². The van der Waals surface area contributed by atoms with E-state index >= 15 is 0 Å². The molecule has 0 spiro atoms. The second-order valence-corrected chi connectivity index (χ2v) is 6.76. The lowest BCUT2D eigenvalue weighted by Gasteiger charge is -2.15. The normalized spacial score (nSPS) is 14.9. The molecular formula is C21H18N2O5. The van der Waals surface area contributed by atoms with Crippen molar-refractivity contribution < 1.29 is 19.4 Å². The van der Waals surface area contributed by atoms with Crippen molar-refractivity contribution in [3.63, 3.8) is 0 Å². The Morgan fingerprint density at radius 3 is 2.68 bits per heavy atom. The third kappa shape index (κ3) is 2.55. The number of carbonyl (C=O) groups excluding carboxylic acids is 2.